The number of ether oxygens (including phenoxy) is 2. The van der Waals surface area contributed by atoms with Gasteiger partial charge in [0.25, 0.3) is 17.7 Å². The van der Waals surface area contributed by atoms with Crippen LogP contribution in [0.4, 0.5) is 30.2 Å². The SMILES string of the molecule is COc1ccc(NC(=O)[C@H](CCCCN)NC(=O)c2cc(NC(=O)[C@H](CCCCN)NC(=O)c3cc(NC(=O)[C@@H](N)CCCCN)cc(C(F)(F)F)c3)ccc2OC)cc1C(N)=O. The van der Waals surface area contributed by atoms with Crippen molar-refractivity contribution in [1.29, 1.82) is 0 Å². The number of nitrogens with two attached hydrogens (primary N) is 5. The number of amides is 6. The number of methoxy groups -OCH3 is 2. The van der Waals surface area contributed by atoms with Crippen molar-refractivity contribution < 1.29 is 51.4 Å². The van der Waals surface area contributed by atoms with Gasteiger partial charge in [-0.15, -0.1) is 0 Å². The van der Waals surface area contributed by atoms with Crippen LogP contribution in [-0.2, 0) is 20.6 Å². The number of anilines is 3. The zero-order valence-corrected chi connectivity index (χ0v) is 35.2. The molecule has 0 aromatic heterocycles. The van der Waals surface area contributed by atoms with E-state index in [4.69, 9.17) is 38.1 Å². The molecule has 0 bridgehead atoms. The molecule has 6 amide bonds. The van der Waals surface area contributed by atoms with E-state index in [0.717, 1.165) is 6.07 Å². The fraction of sp³-hybridized carbons (Fsp3) is 0.429. The van der Waals surface area contributed by atoms with E-state index in [1.165, 1.54) is 50.6 Å². The first kappa shape index (κ1) is 51.1. The van der Waals surface area contributed by atoms with Crippen LogP contribution in [0.25, 0.3) is 0 Å². The first-order valence-electron chi connectivity index (χ1n) is 20.2. The molecule has 0 spiro atoms. The number of unbranched alkanes of at least 4 members (excludes halogenated alkanes) is 3. The third-order valence-electron chi connectivity index (χ3n) is 9.68. The normalized spacial score (nSPS) is 12.6. The van der Waals surface area contributed by atoms with E-state index in [0.29, 0.717) is 63.7 Å². The van der Waals surface area contributed by atoms with Gasteiger partial charge in [-0.1, -0.05) is 6.42 Å². The maximum atomic E-state index is 14.0. The van der Waals surface area contributed by atoms with Crippen molar-refractivity contribution in [3.63, 3.8) is 0 Å². The van der Waals surface area contributed by atoms with Gasteiger partial charge in [-0.25, -0.2) is 0 Å². The van der Waals surface area contributed by atoms with E-state index >= 15 is 0 Å². The van der Waals surface area contributed by atoms with Crippen molar-refractivity contribution in [2.45, 2.75) is 82.1 Å². The summed E-state index contributed by atoms with van der Waals surface area (Å²) in [6.07, 6.45) is -1.60. The second-order valence-corrected chi connectivity index (χ2v) is 14.5. The van der Waals surface area contributed by atoms with Gasteiger partial charge in [0.2, 0.25) is 17.7 Å². The van der Waals surface area contributed by atoms with Crippen LogP contribution in [0, 0.1) is 0 Å². The standard InChI is InChI=1S/C42H57F3N10O8/c1-62-34-14-12-26(22-29(34)36(50)56)51-41(61)33(11-5-8-18-48)55-38(58)30-23-27(13-15-35(30)63-2)52-40(60)32(10-4-7-17-47)54-37(57)24-19-25(42(43,44)45)21-28(20-24)53-39(59)31(49)9-3-6-16-46/h12-15,19-23,31-33H,3-11,16-18,46-49H2,1-2H3,(H2,50,56)(H,51,61)(H,52,60)(H,53,59)(H,54,57)(H,55,58)/t31-,32-,33-/m0/s1. The Kier molecular flexibility index (Phi) is 20.2. The Morgan fingerprint density at radius 3 is 1.52 bits per heavy atom. The van der Waals surface area contributed by atoms with Gasteiger partial charge in [0.05, 0.1) is 37.0 Å². The average molecular weight is 887 g/mol. The second-order valence-electron chi connectivity index (χ2n) is 14.5. The predicted octanol–water partition coefficient (Wildman–Crippen LogP) is 2.95. The third kappa shape index (κ3) is 15.8. The fourth-order valence-electron chi connectivity index (χ4n) is 6.27. The summed E-state index contributed by atoms with van der Waals surface area (Å²) in [5.74, 6) is -4.51. The first-order valence-corrected chi connectivity index (χ1v) is 20.2. The van der Waals surface area contributed by atoms with Crippen LogP contribution >= 0.6 is 0 Å². The van der Waals surface area contributed by atoms with Gasteiger partial charge in [0.1, 0.15) is 23.6 Å². The molecular weight excluding hydrogens is 830 g/mol. The Morgan fingerprint density at radius 1 is 0.587 bits per heavy atom. The van der Waals surface area contributed by atoms with E-state index in [1.54, 1.807) is 0 Å². The van der Waals surface area contributed by atoms with Gasteiger partial charge in [0.15, 0.2) is 0 Å². The zero-order valence-electron chi connectivity index (χ0n) is 35.2. The Morgan fingerprint density at radius 2 is 1.05 bits per heavy atom. The van der Waals surface area contributed by atoms with Crippen LogP contribution in [0.2, 0.25) is 0 Å². The van der Waals surface area contributed by atoms with Gasteiger partial charge in [-0.3, -0.25) is 28.8 Å². The summed E-state index contributed by atoms with van der Waals surface area (Å²) in [6, 6.07) is 7.19. The predicted molar refractivity (Wildman–Crippen MR) is 231 cm³/mol. The summed E-state index contributed by atoms with van der Waals surface area (Å²) in [5, 5.41) is 12.8. The summed E-state index contributed by atoms with van der Waals surface area (Å²) in [5.41, 5.74) is 26.3. The van der Waals surface area contributed by atoms with E-state index in [2.05, 4.69) is 26.6 Å². The highest BCUT2D eigenvalue weighted by atomic mass is 19.4. The Balaban J connectivity index is 1.87. The van der Waals surface area contributed by atoms with Crippen molar-refractivity contribution in [3.8, 4) is 11.5 Å². The van der Waals surface area contributed by atoms with Crippen molar-refractivity contribution >= 4 is 52.5 Å². The number of carbonyl (C=O) groups is 6. The number of hydrogen-bond acceptors (Lipinski definition) is 12. The minimum Gasteiger partial charge on any atom is -0.496 e. The Hall–Kier alpha value is -6.29. The largest absolute Gasteiger partial charge is 0.496 e. The summed E-state index contributed by atoms with van der Waals surface area (Å²) >= 11 is 0. The molecule has 63 heavy (non-hydrogen) atoms. The molecule has 3 rings (SSSR count). The molecule has 15 N–H and O–H groups in total. The molecule has 3 atom stereocenters. The summed E-state index contributed by atoms with van der Waals surface area (Å²) in [7, 11) is 2.66. The van der Waals surface area contributed by atoms with Gasteiger partial charge in [0, 0.05) is 22.6 Å². The molecule has 0 aliphatic heterocycles. The molecule has 0 saturated carbocycles. The first-order chi connectivity index (χ1) is 29.9. The molecule has 18 nitrogen and oxygen atoms in total. The van der Waals surface area contributed by atoms with E-state index in [1.807, 2.05) is 0 Å². The minimum atomic E-state index is -4.91. The number of rotatable bonds is 25. The smallest absolute Gasteiger partial charge is 0.416 e. The zero-order chi connectivity index (χ0) is 46.7. The van der Waals surface area contributed by atoms with E-state index < -0.39 is 70.9 Å². The Bertz CT molecular complexity index is 2070. The molecule has 21 heteroatoms. The van der Waals surface area contributed by atoms with E-state index in [-0.39, 0.29) is 65.5 Å². The van der Waals surface area contributed by atoms with Crippen LogP contribution in [0.3, 0.4) is 0 Å². The lowest BCUT2D eigenvalue weighted by molar-refractivity contribution is -0.137. The molecule has 0 fully saturated rings. The van der Waals surface area contributed by atoms with Crippen molar-refractivity contribution in [2.75, 3.05) is 49.8 Å². The molecule has 3 aromatic rings. The number of hydrogen-bond donors (Lipinski definition) is 10. The molecule has 344 valence electrons. The molecule has 0 aliphatic carbocycles. The maximum Gasteiger partial charge on any atom is 0.416 e. The molecule has 0 saturated heterocycles. The number of nitrogens with one attached hydrogen (secondary N) is 5. The number of carbonyl (C=O) groups excluding carboxylic acids is 6. The van der Waals surface area contributed by atoms with Gasteiger partial charge in [-0.2, -0.15) is 13.2 Å². The topological polar surface area (TPSA) is 311 Å². The summed E-state index contributed by atoms with van der Waals surface area (Å²) in [6.45, 7) is 0.958. The minimum absolute atomic E-state index is 0.0186. The number of primary amides is 1. The number of halogens is 3. The van der Waals surface area contributed by atoms with Crippen LogP contribution in [0.15, 0.2) is 54.6 Å². The lowest BCUT2D eigenvalue weighted by Crippen LogP contribution is -2.44. The lowest BCUT2D eigenvalue weighted by Gasteiger charge is -2.21. The van der Waals surface area contributed by atoms with Gasteiger partial charge >= 0.3 is 6.18 Å². The maximum absolute atomic E-state index is 14.0. The highest BCUT2D eigenvalue weighted by Gasteiger charge is 2.33. The monoisotopic (exact) mass is 886 g/mol. The highest BCUT2D eigenvalue weighted by molar-refractivity contribution is 6.06. The van der Waals surface area contributed by atoms with Crippen LogP contribution in [0.5, 0.6) is 11.5 Å². The fourth-order valence-corrected chi connectivity index (χ4v) is 6.27. The van der Waals surface area contributed by atoms with Crippen molar-refractivity contribution in [1.82, 2.24) is 10.6 Å². The number of alkyl halides is 3. The molecule has 3 aromatic carbocycles. The average Bonchev–Trinajstić information content (AvgIpc) is 3.25. The highest BCUT2D eigenvalue weighted by Crippen LogP contribution is 2.32. The molecule has 0 unspecified atom stereocenters. The lowest BCUT2D eigenvalue weighted by atomic mass is 10.0. The second kappa shape index (κ2) is 25.0. The number of benzene rings is 3. The Labute approximate surface area is 362 Å². The third-order valence-corrected chi connectivity index (χ3v) is 9.68. The quantitative estimate of drug-likeness (QED) is 0.0550. The molecule has 0 heterocycles. The summed E-state index contributed by atoms with van der Waals surface area (Å²) in [4.78, 5) is 79.4. The van der Waals surface area contributed by atoms with Gasteiger partial charge in [-0.05, 0) is 126 Å². The van der Waals surface area contributed by atoms with Crippen LogP contribution in [-0.4, -0.2) is 87.4 Å². The van der Waals surface area contributed by atoms with Crippen molar-refractivity contribution in [2.24, 2.45) is 28.7 Å². The molecular formula is C42H57F3N10O8. The van der Waals surface area contributed by atoms with Crippen LogP contribution in [0.1, 0.15) is 94.4 Å². The summed E-state index contributed by atoms with van der Waals surface area (Å²) < 4.78 is 52.5. The molecule has 0 radical (unpaired) electrons. The van der Waals surface area contributed by atoms with Crippen molar-refractivity contribution in [3.05, 3.63) is 76.9 Å². The van der Waals surface area contributed by atoms with E-state index in [9.17, 15) is 41.9 Å². The van der Waals surface area contributed by atoms with Crippen LogP contribution < -0.4 is 64.7 Å². The van der Waals surface area contributed by atoms with Gasteiger partial charge < -0.3 is 64.7 Å². The molecule has 0 aliphatic rings.